The zero-order valence-electron chi connectivity index (χ0n) is 19.4. The highest BCUT2D eigenvalue weighted by Crippen LogP contribution is 2.45. The second kappa shape index (κ2) is 7.75. The number of carbonyl (C=O) groups excluding carboxylic acids is 2. The normalized spacial score (nSPS) is 23.5. The maximum Gasteiger partial charge on any atom is 0.328 e. The SMILES string of the molecule is CC(C)c1ccc([C@H]2c3[nH]c4ccccc4c3C[C@H]3C(=O)N(C4CCCCC4)C(=O)N23)cc1. The van der Waals surface area contributed by atoms with Gasteiger partial charge in [0.05, 0.1) is 0 Å². The van der Waals surface area contributed by atoms with Crippen LogP contribution in [0.2, 0.25) is 0 Å². The molecule has 3 aliphatic rings. The van der Waals surface area contributed by atoms with Crippen LogP contribution in [0, 0.1) is 0 Å². The lowest BCUT2D eigenvalue weighted by molar-refractivity contribution is -0.130. The Morgan fingerprint density at radius 2 is 1.67 bits per heavy atom. The van der Waals surface area contributed by atoms with Crippen LogP contribution in [0.5, 0.6) is 0 Å². The molecule has 2 aromatic carbocycles. The van der Waals surface area contributed by atoms with Crippen molar-refractivity contribution in [2.24, 2.45) is 0 Å². The Hall–Kier alpha value is -3.08. The topological polar surface area (TPSA) is 56.4 Å². The van der Waals surface area contributed by atoms with E-state index >= 15 is 0 Å². The van der Waals surface area contributed by atoms with Gasteiger partial charge in [0.25, 0.3) is 5.91 Å². The Bertz CT molecular complexity index is 1220. The Labute approximate surface area is 194 Å². The van der Waals surface area contributed by atoms with Crippen molar-refractivity contribution in [1.29, 1.82) is 0 Å². The van der Waals surface area contributed by atoms with Crippen molar-refractivity contribution in [2.45, 2.75) is 76.4 Å². The smallest absolute Gasteiger partial charge is 0.328 e. The van der Waals surface area contributed by atoms with Crippen LogP contribution in [0.4, 0.5) is 4.79 Å². The first kappa shape index (κ1) is 20.5. The van der Waals surface area contributed by atoms with Crippen LogP contribution < -0.4 is 0 Å². The summed E-state index contributed by atoms with van der Waals surface area (Å²) in [6, 6.07) is 16.1. The highest BCUT2D eigenvalue weighted by Gasteiger charge is 2.54. The van der Waals surface area contributed by atoms with Gasteiger partial charge in [0.1, 0.15) is 12.1 Å². The minimum absolute atomic E-state index is 0.00775. The zero-order valence-corrected chi connectivity index (χ0v) is 19.4. The van der Waals surface area contributed by atoms with Crippen molar-refractivity contribution < 1.29 is 9.59 Å². The number of rotatable bonds is 3. The number of imide groups is 1. The molecule has 3 heterocycles. The molecule has 1 saturated heterocycles. The molecule has 5 heteroatoms. The molecule has 33 heavy (non-hydrogen) atoms. The largest absolute Gasteiger partial charge is 0.356 e. The predicted molar refractivity (Wildman–Crippen MR) is 129 cm³/mol. The summed E-state index contributed by atoms with van der Waals surface area (Å²) in [6.45, 7) is 4.37. The van der Waals surface area contributed by atoms with Crippen LogP contribution in [0.3, 0.4) is 0 Å². The summed E-state index contributed by atoms with van der Waals surface area (Å²) >= 11 is 0. The number of benzene rings is 2. The fraction of sp³-hybridized carbons (Fsp3) is 0.429. The van der Waals surface area contributed by atoms with Crippen LogP contribution in [0.15, 0.2) is 48.5 Å². The van der Waals surface area contributed by atoms with E-state index in [9.17, 15) is 9.59 Å². The molecule has 0 spiro atoms. The first-order valence-electron chi connectivity index (χ1n) is 12.4. The number of fused-ring (bicyclic) bond motifs is 4. The highest BCUT2D eigenvalue weighted by molar-refractivity contribution is 6.06. The van der Waals surface area contributed by atoms with Gasteiger partial charge in [0, 0.05) is 29.1 Å². The number of hydrogen-bond donors (Lipinski definition) is 1. The molecule has 170 valence electrons. The third-order valence-electron chi connectivity index (χ3n) is 7.94. The van der Waals surface area contributed by atoms with E-state index in [4.69, 9.17) is 0 Å². The third kappa shape index (κ3) is 3.12. The predicted octanol–water partition coefficient (Wildman–Crippen LogP) is 5.90. The number of H-pyrrole nitrogens is 1. The molecule has 3 aromatic rings. The second-order valence-electron chi connectivity index (χ2n) is 10.2. The fourth-order valence-corrected chi connectivity index (χ4v) is 6.18. The molecule has 3 amide bonds. The molecule has 1 saturated carbocycles. The number of aromatic amines is 1. The van der Waals surface area contributed by atoms with E-state index in [0.29, 0.717) is 12.3 Å². The Morgan fingerprint density at radius 3 is 2.39 bits per heavy atom. The number of nitrogens with one attached hydrogen (secondary N) is 1. The van der Waals surface area contributed by atoms with Gasteiger partial charge >= 0.3 is 6.03 Å². The molecule has 5 nitrogen and oxygen atoms in total. The number of aromatic nitrogens is 1. The summed E-state index contributed by atoms with van der Waals surface area (Å²) < 4.78 is 0. The van der Waals surface area contributed by atoms with Crippen molar-refractivity contribution in [3.8, 4) is 0 Å². The van der Waals surface area contributed by atoms with Gasteiger partial charge in [0.2, 0.25) is 0 Å². The summed E-state index contributed by atoms with van der Waals surface area (Å²) in [5, 5.41) is 1.16. The van der Waals surface area contributed by atoms with Crippen molar-refractivity contribution >= 4 is 22.8 Å². The third-order valence-corrected chi connectivity index (χ3v) is 7.94. The fourth-order valence-electron chi connectivity index (χ4n) is 6.18. The molecular weight excluding hydrogens is 410 g/mol. The highest BCUT2D eigenvalue weighted by atomic mass is 16.2. The summed E-state index contributed by atoms with van der Waals surface area (Å²) in [5.41, 5.74) is 5.63. The number of hydrogen-bond acceptors (Lipinski definition) is 2. The number of urea groups is 1. The molecule has 1 N–H and O–H groups in total. The van der Waals surface area contributed by atoms with Gasteiger partial charge in [-0.2, -0.15) is 0 Å². The maximum absolute atomic E-state index is 13.9. The molecule has 2 fully saturated rings. The van der Waals surface area contributed by atoms with Gasteiger partial charge in [-0.25, -0.2) is 4.79 Å². The first-order chi connectivity index (χ1) is 16.0. The molecule has 2 atom stereocenters. The minimum atomic E-state index is -0.430. The Morgan fingerprint density at radius 1 is 0.939 bits per heavy atom. The van der Waals surface area contributed by atoms with Crippen molar-refractivity contribution in [2.75, 3.05) is 0 Å². The summed E-state index contributed by atoms with van der Waals surface area (Å²) in [6.07, 6.45) is 5.82. The van der Waals surface area contributed by atoms with Crippen molar-refractivity contribution in [1.82, 2.24) is 14.8 Å². The van der Waals surface area contributed by atoms with E-state index in [-0.39, 0.29) is 24.0 Å². The molecule has 1 aliphatic carbocycles. The number of nitrogens with zero attached hydrogens (tertiary/aromatic N) is 2. The van der Waals surface area contributed by atoms with E-state index in [1.54, 1.807) is 4.90 Å². The zero-order chi connectivity index (χ0) is 22.7. The molecule has 6 rings (SSSR count). The van der Waals surface area contributed by atoms with Gasteiger partial charge in [-0.1, -0.05) is 75.6 Å². The van der Waals surface area contributed by atoms with E-state index in [1.165, 1.54) is 17.5 Å². The van der Waals surface area contributed by atoms with Gasteiger partial charge in [-0.3, -0.25) is 14.6 Å². The lowest BCUT2D eigenvalue weighted by Gasteiger charge is -2.36. The molecular formula is C28H31N3O2. The molecule has 0 radical (unpaired) electrons. The van der Waals surface area contributed by atoms with Crippen LogP contribution >= 0.6 is 0 Å². The van der Waals surface area contributed by atoms with Crippen LogP contribution in [0.1, 0.15) is 80.3 Å². The number of carbonyl (C=O) groups is 2. The number of para-hydroxylation sites is 1. The molecule has 0 unspecified atom stereocenters. The molecule has 1 aromatic heterocycles. The maximum atomic E-state index is 13.9. The van der Waals surface area contributed by atoms with Gasteiger partial charge in [-0.05, 0) is 41.5 Å². The average molecular weight is 442 g/mol. The Balaban J connectivity index is 1.49. The minimum Gasteiger partial charge on any atom is -0.356 e. The summed E-state index contributed by atoms with van der Waals surface area (Å²) in [4.78, 5) is 34.7. The lowest BCUT2D eigenvalue weighted by atomic mass is 9.88. The average Bonchev–Trinajstić information content (AvgIpc) is 3.33. The van der Waals surface area contributed by atoms with E-state index < -0.39 is 6.04 Å². The van der Waals surface area contributed by atoms with Crippen molar-refractivity contribution in [3.05, 3.63) is 70.9 Å². The monoisotopic (exact) mass is 441 g/mol. The van der Waals surface area contributed by atoms with Crippen LogP contribution in [-0.4, -0.2) is 38.8 Å². The standard InChI is InChI=1S/C28H31N3O2/c1-17(2)18-12-14-19(15-13-18)26-25-22(21-10-6-7-11-23(21)29-25)16-24-27(32)30(28(33)31(24)26)20-8-4-3-5-9-20/h6-7,10-15,17,20,24,26,29H,3-5,8-9,16H2,1-2H3/t24-,26-/m0/s1. The van der Waals surface area contributed by atoms with Crippen LogP contribution in [-0.2, 0) is 11.2 Å². The number of amides is 3. The van der Waals surface area contributed by atoms with E-state index in [0.717, 1.165) is 47.8 Å². The second-order valence-corrected chi connectivity index (χ2v) is 10.2. The molecule has 0 bridgehead atoms. The van der Waals surface area contributed by atoms with Gasteiger partial charge in [-0.15, -0.1) is 0 Å². The van der Waals surface area contributed by atoms with E-state index in [1.807, 2.05) is 17.0 Å². The van der Waals surface area contributed by atoms with Gasteiger partial charge < -0.3 is 4.98 Å². The Kier molecular flexibility index (Phi) is 4.82. The lowest BCUT2D eigenvalue weighted by Crippen LogP contribution is -2.44. The summed E-state index contributed by atoms with van der Waals surface area (Å²) in [5.74, 6) is 0.435. The van der Waals surface area contributed by atoms with E-state index in [2.05, 4.69) is 55.2 Å². The first-order valence-corrected chi connectivity index (χ1v) is 12.4. The van der Waals surface area contributed by atoms with Gasteiger partial charge in [0.15, 0.2) is 0 Å². The van der Waals surface area contributed by atoms with Crippen LogP contribution in [0.25, 0.3) is 10.9 Å². The molecule has 2 aliphatic heterocycles. The van der Waals surface area contributed by atoms with Crippen molar-refractivity contribution in [3.63, 3.8) is 0 Å². The summed E-state index contributed by atoms with van der Waals surface area (Å²) in [7, 11) is 0. The quantitative estimate of drug-likeness (QED) is 0.514.